The maximum absolute atomic E-state index is 10.0. The van der Waals surface area contributed by atoms with Crippen LogP contribution in [0.25, 0.3) is 0 Å². The number of aromatic nitrogens is 2. The predicted molar refractivity (Wildman–Crippen MR) is 36.9 cm³/mol. The molecule has 0 saturated heterocycles. The van der Waals surface area contributed by atoms with E-state index in [1.807, 2.05) is 0 Å². The first-order valence-electron chi connectivity index (χ1n) is 2.69. The summed E-state index contributed by atoms with van der Waals surface area (Å²) in [5.74, 6) is 0.0270. The van der Waals surface area contributed by atoms with Crippen LogP contribution in [0.5, 0.6) is 5.88 Å². The zero-order chi connectivity index (χ0) is 8.43. The highest BCUT2D eigenvalue weighted by Gasteiger charge is 2.10. The van der Waals surface area contributed by atoms with E-state index in [2.05, 4.69) is 9.84 Å². The Morgan fingerprint density at radius 3 is 2.91 bits per heavy atom. The van der Waals surface area contributed by atoms with Crippen LogP contribution in [0.15, 0.2) is 6.20 Å². The van der Waals surface area contributed by atoms with E-state index in [0.717, 1.165) is 0 Å². The second-order valence-corrected chi connectivity index (χ2v) is 2.20. The molecule has 11 heavy (non-hydrogen) atoms. The monoisotopic (exact) mass is 176 g/mol. The van der Waals surface area contributed by atoms with Crippen molar-refractivity contribution in [1.82, 2.24) is 9.78 Å². The van der Waals surface area contributed by atoms with E-state index < -0.39 is 6.16 Å². The van der Waals surface area contributed by atoms with Gasteiger partial charge in [0.15, 0.2) is 0 Å². The number of halogens is 1. The largest absolute Gasteiger partial charge is 0.512 e. The molecule has 0 atom stereocenters. The Bertz CT molecular complexity index is 264. The van der Waals surface area contributed by atoms with Crippen LogP contribution in [-0.4, -0.2) is 21.0 Å². The van der Waals surface area contributed by atoms with Crippen molar-refractivity contribution in [3.05, 3.63) is 11.2 Å². The van der Waals surface area contributed by atoms with E-state index in [9.17, 15) is 4.79 Å². The van der Waals surface area contributed by atoms with E-state index in [-0.39, 0.29) is 10.9 Å². The first kappa shape index (κ1) is 7.87. The quantitative estimate of drug-likeness (QED) is 0.652. The molecule has 0 saturated carbocycles. The smallest absolute Gasteiger partial charge is 0.449 e. The van der Waals surface area contributed by atoms with Crippen molar-refractivity contribution in [1.29, 1.82) is 0 Å². The van der Waals surface area contributed by atoms with Gasteiger partial charge in [-0.3, -0.25) is 0 Å². The van der Waals surface area contributed by atoms with Crippen LogP contribution in [0.3, 0.4) is 0 Å². The molecular weight excluding hydrogens is 172 g/mol. The van der Waals surface area contributed by atoms with Gasteiger partial charge in [-0.2, -0.15) is 5.10 Å². The average molecular weight is 177 g/mol. The molecule has 0 unspecified atom stereocenters. The number of hydrogen-bond donors (Lipinski definition) is 1. The van der Waals surface area contributed by atoms with Gasteiger partial charge in [-0.05, 0) is 0 Å². The average Bonchev–Trinajstić information content (AvgIpc) is 2.18. The molecule has 0 aliphatic carbocycles. The summed E-state index contributed by atoms with van der Waals surface area (Å²) < 4.78 is 5.53. The van der Waals surface area contributed by atoms with Crippen LogP contribution in [0.2, 0.25) is 5.02 Å². The Hall–Kier alpha value is -1.23. The Morgan fingerprint density at radius 1 is 1.91 bits per heavy atom. The molecule has 0 fully saturated rings. The number of hydrogen-bond acceptors (Lipinski definition) is 3. The van der Waals surface area contributed by atoms with Gasteiger partial charge in [0.1, 0.15) is 5.02 Å². The first-order chi connectivity index (χ1) is 5.11. The third kappa shape index (κ3) is 1.62. The molecule has 0 radical (unpaired) electrons. The molecule has 1 aromatic heterocycles. The molecular formula is C5H5ClN2O3. The molecule has 0 aliphatic heterocycles. The molecule has 0 aliphatic rings. The molecule has 60 valence electrons. The number of aryl methyl sites for hydroxylation is 1. The summed E-state index contributed by atoms with van der Waals surface area (Å²) in [6, 6.07) is 0. The molecule has 1 rings (SSSR count). The fourth-order valence-electron chi connectivity index (χ4n) is 0.597. The van der Waals surface area contributed by atoms with Crippen LogP contribution in [0.4, 0.5) is 4.79 Å². The van der Waals surface area contributed by atoms with Gasteiger partial charge in [0.25, 0.3) is 0 Å². The summed E-state index contributed by atoms with van der Waals surface area (Å²) in [7, 11) is 1.53. The minimum absolute atomic E-state index is 0.0270. The highest BCUT2D eigenvalue weighted by atomic mass is 35.5. The van der Waals surface area contributed by atoms with Gasteiger partial charge in [-0.15, -0.1) is 0 Å². The van der Waals surface area contributed by atoms with Gasteiger partial charge < -0.3 is 9.84 Å². The van der Waals surface area contributed by atoms with Gasteiger partial charge >= 0.3 is 6.16 Å². The lowest BCUT2D eigenvalue weighted by atomic mass is 10.7. The van der Waals surface area contributed by atoms with Gasteiger partial charge in [-0.1, -0.05) is 11.6 Å². The van der Waals surface area contributed by atoms with Crippen molar-refractivity contribution in [2.24, 2.45) is 7.05 Å². The standard InChI is InChI=1S/C5H5ClN2O3/c1-8-4(11-5(9)10)3(6)2-7-8/h2H,1H3,(H,9,10). The minimum Gasteiger partial charge on any atom is -0.449 e. The number of ether oxygens (including phenoxy) is 1. The lowest BCUT2D eigenvalue weighted by molar-refractivity contribution is 0.140. The van der Waals surface area contributed by atoms with Crippen LogP contribution in [-0.2, 0) is 7.05 Å². The van der Waals surface area contributed by atoms with Crippen LogP contribution >= 0.6 is 11.6 Å². The van der Waals surface area contributed by atoms with Crippen LogP contribution in [0.1, 0.15) is 0 Å². The van der Waals surface area contributed by atoms with Crippen molar-refractivity contribution in [3.63, 3.8) is 0 Å². The van der Waals surface area contributed by atoms with Gasteiger partial charge in [0.05, 0.1) is 6.20 Å². The SMILES string of the molecule is Cn1ncc(Cl)c1OC(=O)O. The van der Waals surface area contributed by atoms with Crippen molar-refractivity contribution >= 4 is 17.8 Å². The maximum atomic E-state index is 10.0. The maximum Gasteiger partial charge on any atom is 0.512 e. The zero-order valence-corrected chi connectivity index (χ0v) is 6.37. The highest BCUT2D eigenvalue weighted by molar-refractivity contribution is 6.31. The molecule has 5 nitrogen and oxygen atoms in total. The number of carbonyl (C=O) groups is 1. The molecule has 6 heteroatoms. The van der Waals surface area contributed by atoms with Crippen LogP contribution in [0, 0.1) is 0 Å². The third-order valence-corrected chi connectivity index (χ3v) is 1.29. The third-order valence-electron chi connectivity index (χ3n) is 1.03. The van der Waals surface area contributed by atoms with E-state index in [4.69, 9.17) is 16.7 Å². The zero-order valence-electron chi connectivity index (χ0n) is 5.61. The fraction of sp³-hybridized carbons (Fsp3) is 0.200. The number of nitrogens with zero attached hydrogens (tertiary/aromatic N) is 2. The summed E-state index contributed by atoms with van der Waals surface area (Å²) in [5, 5.41) is 12.1. The van der Waals surface area contributed by atoms with Gasteiger partial charge in [0.2, 0.25) is 5.88 Å². The lowest BCUT2D eigenvalue weighted by Gasteiger charge is -1.98. The fourth-order valence-corrected chi connectivity index (χ4v) is 0.802. The van der Waals surface area contributed by atoms with E-state index >= 15 is 0 Å². The predicted octanol–water partition coefficient (Wildman–Crippen LogP) is 1.13. The Labute approximate surface area is 67.1 Å². The normalized spacial score (nSPS) is 9.64. The topological polar surface area (TPSA) is 64.4 Å². The van der Waals surface area contributed by atoms with Gasteiger partial charge in [0, 0.05) is 7.05 Å². The van der Waals surface area contributed by atoms with Crippen LogP contribution < -0.4 is 4.74 Å². The summed E-state index contributed by atoms with van der Waals surface area (Å²) >= 11 is 5.52. The molecule has 0 bridgehead atoms. The molecule has 0 spiro atoms. The summed E-state index contributed by atoms with van der Waals surface area (Å²) in [6.07, 6.45) is -0.102. The lowest BCUT2D eigenvalue weighted by Crippen LogP contribution is -2.07. The number of carboxylic acid groups (broad SMARTS) is 1. The van der Waals surface area contributed by atoms with Crippen molar-refractivity contribution < 1.29 is 14.6 Å². The summed E-state index contributed by atoms with van der Waals surface area (Å²) in [4.78, 5) is 10.0. The first-order valence-corrected chi connectivity index (χ1v) is 3.07. The molecule has 1 heterocycles. The van der Waals surface area contributed by atoms with Gasteiger partial charge in [-0.25, -0.2) is 9.48 Å². The Balaban J connectivity index is 2.92. The molecule has 0 amide bonds. The number of rotatable bonds is 1. The highest BCUT2D eigenvalue weighted by Crippen LogP contribution is 2.22. The van der Waals surface area contributed by atoms with E-state index in [1.165, 1.54) is 17.9 Å². The van der Waals surface area contributed by atoms with E-state index in [1.54, 1.807) is 0 Å². The van der Waals surface area contributed by atoms with Crippen molar-refractivity contribution in [3.8, 4) is 5.88 Å². The molecule has 1 aromatic rings. The minimum atomic E-state index is -1.41. The molecule has 0 aromatic carbocycles. The van der Waals surface area contributed by atoms with Crippen molar-refractivity contribution in [2.75, 3.05) is 0 Å². The Morgan fingerprint density at radius 2 is 2.55 bits per heavy atom. The summed E-state index contributed by atoms with van der Waals surface area (Å²) in [5.41, 5.74) is 0. The second kappa shape index (κ2) is 2.79. The van der Waals surface area contributed by atoms with Crippen molar-refractivity contribution in [2.45, 2.75) is 0 Å². The Kier molecular flexibility index (Phi) is 2.00. The van der Waals surface area contributed by atoms with E-state index in [0.29, 0.717) is 0 Å². The summed E-state index contributed by atoms with van der Waals surface area (Å²) in [6.45, 7) is 0. The second-order valence-electron chi connectivity index (χ2n) is 1.79. The molecule has 1 N–H and O–H groups in total.